The van der Waals surface area contributed by atoms with Crippen molar-refractivity contribution in [3.63, 3.8) is 0 Å². The van der Waals surface area contributed by atoms with Crippen LogP contribution in [0.5, 0.6) is 0 Å². The van der Waals surface area contributed by atoms with Gasteiger partial charge in [0.2, 0.25) is 0 Å². The Balaban J connectivity index is 1.84. The fourth-order valence-corrected chi connectivity index (χ4v) is 4.23. The third-order valence-corrected chi connectivity index (χ3v) is 6.10. The van der Waals surface area contributed by atoms with Gasteiger partial charge in [0.1, 0.15) is 6.10 Å². The normalized spacial score (nSPS) is 16.8. The van der Waals surface area contributed by atoms with Gasteiger partial charge in [-0.3, -0.25) is 4.55 Å². The van der Waals surface area contributed by atoms with Gasteiger partial charge in [0.25, 0.3) is 10.1 Å². The second-order valence-electron chi connectivity index (χ2n) is 7.74. The molecule has 2 N–H and O–H groups in total. The topological polar surface area (TPSA) is 74.6 Å². The van der Waals surface area contributed by atoms with Gasteiger partial charge in [-0.05, 0) is 31.6 Å². The van der Waals surface area contributed by atoms with Crippen molar-refractivity contribution in [1.82, 2.24) is 0 Å². The first-order valence-corrected chi connectivity index (χ1v) is 12.2. The molecule has 26 heavy (non-hydrogen) atoms. The minimum Gasteiger partial charge on any atom is -0.380 e. The average Bonchev–Trinajstić information content (AvgIpc) is 2.61. The van der Waals surface area contributed by atoms with Gasteiger partial charge in [0.15, 0.2) is 0 Å². The van der Waals surface area contributed by atoms with Crippen LogP contribution in [-0.4, -0.2) is 29.9 Å². The van der Waals surface area contributed by atoms with Crippen molar-refractivity contribution in [2.45, 2.75) is 109 Å². The molecule has 1 unspecified atom stereocenters. The molecule has 0 amide bonds. The van der Waals surface area contributed by atoms with E-state index in [0.29, 0.717) is 12.3 Å². The third kappa shape index (κ3) is 13.6. The first-order chi connectivity index (χ1) is 12.5. The molecular formula is C21H38O4S. The van der Waals surface area contributed by atoms with E-state index in [9.17, 15) is 13.5 Å². The predicted octanol–water partition coefficient (Wildman–Crippen LogP) is 5.11. The van der Waals surface area contributed by atoms with Crippen molar-refractivity contribution in [3.05, 3.63) is 0 Å². The van der Waals surface area contributed by atoms with Crippen molar-refractivity contribution in [1.29, 1.82) is 0 Å². The van der Waals surface area contributed by atoms with E-state index >= 15 is 0 Å². The van der Waals surface area contributed by atoms with Gasteiger partial charge in [-0.25, -0.2) is 0 Å². The Bertz CT molecular complexity index is 498. The maximum atomic E-state index is 10.6. The van der Waals surface area contributed by atoms with Crippen LogP contribution < -0.4 is 0 Å². The number of hydrogen-bond acceptors (Lipinski definition) is 3. The molecule has 5 heteroatoms. The SMILES string of the molecule is O=S(=O)(O)CCCCCCCCCCCCC#CC(O)C1CCCCC1. The first kappa shape index (κ1) is 23.5. The highest BCUT2D eigenvalue weighted by molar-refractivity contribution is 7.85. The van der Waals surface area contributed by atoms with Crippen LogP contribution in [0.4, 0.5) is 0 Å². The summed E-state index contributed by atoms with van der Waals surface area (Å²) in [4.78, 5) is 0. The van der Waals surface area contributed by atoms with E-state index < -0.39 is 16.2 Å². The molecule has 0 bridgehead atoms. The smallest absolute Gasteiger partial charge is 0.264 e. The standard InChI is InChI=1S/C21H38O4S/c22-21(20-16-12-11-13-17-20)18-14-9-7-5-3-1-2-4-6-8-10-15-19-26(23,24)25/h20-22H,1-13,15-17,19H2,(H,23,24,25). The summed E-state index contributed by atoms with van der Waals surface area (Å²) in [6.07, 6.45) is 17.5. The fraction of sp³-hybridized carbons (Fsp3) is 0.905. The van der Waals surface area contributed by atoms with Crippen LogP contribution in [0.3, 0.4) is 0 Å². The maximum Gasteiger partial charge on any atom is 0.264 e. The van der Waals surface area contributed by atoms with E-state index in [1.807, 2.05) is 0 Å². The molecule has 1 saturated carbocycles. The highest BCUT2D eigenvalue weighted by Crippen LogP contribution is 2.26. The average molecular weight is 387 g/mol. The van der Waals surface area contributed by atoms with Crippen molar-refractivity contribution in [2.75, 3.05) is 5.75 Å². The Hall–Kier alpha value is -0.570. The van der Waals surface area contributed by atoms with Crippen LogP contribution in [0, 0.1) is 17.8 Å². The molecule has 1 aliphatic rings. The summed E-state index contributed by atoms with van der Waals surface area (Å²) < 4.78 is 29.8. The molecule has 0 aromatic heterocycles. The lowest BCUT2D eigenvalue weighted by atomic mass is 9.85. The number of unbranched alkanes of at least 4 members (excludes halogenated alkanes) is 10. The van der Waals surface area contributed by atoms with E-state index in [1.54, 1.807) is 0 Å². The molecule has 1 fully saturated rings. The molecule has 4 nitrogen and oxygen atoms in total. The molecule has 1 aliphatic carbocycles. The molecule has 0 spiro atoms. The lowest BCUT2D eigenvalue weighted by Crippen LogP contribution is -2.21. The van der Waals surface area contributed by atoms with Gasteiger partial charge < -0.3 is 5.11 Å². The van der Waals surface area contributed by atoms with Gasteiger partial charge >= 0.3 is 0 Å². The molecule has 0 saturated heterocycles. The predicted molar refractivity (Wildman–Crippen MR) is 108 cm³/mol. The summed E-state index contributed by atoms with van der Waals surface area (Å²) in [6, 6.07) is 0. The van der Waals surface area contributed by atoms with Crippen molar-refractivity contribution in [3.8, 4) is 11.8 Å². The van der Waals surface area contributed by atoms with Crippen molar-refractivity contribution >= 4 is 10.1 Å². The maximum absolute atomic E-state index is 10.6. The van der Waals surface area contributed by atoms with Crippen LogP contribution in [-0.2, 0) is 10.1 Å². The Kier molecular flexibility index (Phi) is 13.1. The monoisotopic (exact) mass is 386 g/mol. The molecule has 0 heterocycles. The van der Waals surface area contributed by atoms with E-state index in [4.69, 9.17) is 4.55 Å². The van der Waals surface area contributed by atoms with Gasteiger partial charge in [-0.2, -0.15) is 8.42 Å². The summed E-state index contributed by atoms with van der Waals surface area (Å²) in [5.74, 6) is 6.52. The molecular weight excluding hydrogens is 348 g/mol. The minimum absolute atomic E-state index is 0.104. The first-order valence-electron chi connectivity index (χ1n) is 10.6. The number of aliphatic hydroxyl groups excluding tert-OH is 1. The summed E-state index contributed by atoms with van der Waals surface area (Å²) in [7, 11) is -3.77. The van der Waals surface area contributed by atoms with E-state index in [2.05, 4.69) is 11.8 Å². The zero-order valence-corrected chi connectivity index (χ0v) is 17.1. The largest absolute Gasteiger partial charge is 0.380 e. The van der Waals surface area contributed by atoms with Gasteiger partial charge in [-0.15, -0.1) is 5.92 Å². The molecule has 1 rings (SSSR count). The van der Waals surface area contributed by atoms with Crippen LogP contribution in [0.15, 0.2) is 0 Å². The van der Waals surface area contributed by atoms with Gasteiger partial charge in [-0.1, -0.05) is 76.5 Å². The summed E-state index contributed by atoms with van der Waals surface area (Å²) in [5, 5.41) is 10.1. The minimum atomic E-state index is -3.77. The fourth-order valence-electron chi connectivity index (χ4n) is 3.66. The Morgan fingerprint density at radius 3 is 1.85 bits per heavy atom. The number of rotatable bonds is 13. The lowest BCUT2D eigenvalue weighted by molar-refractivity contribution is 0.133. The third-order valence-electron chi connectivity index (χ3n) is 5.30. The zero-order chi connectivity index (χ0) is 19.1. The molecule has 0 radical (unpaired) electrons. The summed E-state index contributed by atoms with van der Waals surface area (Å²) >= 11 is 0. The Morgan fingerprint density at radius 1 is 0.808 bits per heavy atom. The molecule has 1 atom stereocenters. The second-order valence-corrected chi connectivity index (χ2v) is 9.31. The van der Waals surface area contributed by atoms with Gasteiger partial charge in [0.05, 0.1) is 5.75 Å². The highest BCUT2D eigenvalue weighted by atomic mass is 32.2. The van der Waals surface area contributed by atoms with Crippen LogP contribution in [0.1, 0.15) is 103 Å². The second kappa shape index (κ2) is 14.5. The summed E-state index contributed by atoms with van der Waals surface area (Å²) in [5.41, 5.74) is 0. The number of hydrogen-bond donors (Lipinski definition) is 2. The quantitative estimate of drug-likeness (QED) is 0.262. The molecule has 0 aromatic carbocycles. The van der Waals surface area contributed by atoms with Crippen LogP contribution in [0.25, 0.3) is 0 Å². The summed E-state index contributed by atoms with van der Waals surface area (Å²) in [6.45, 7) is 0. The highest BCUT2D eigenvalue weighted by Gasteiger charge is 2.19. The van der Waals surface area contributed by atoms with E-state index in [0.717, 1.165) is 44.9 Å². The molecule has 0 aliphatic heterocycles. The van der Waals surface area contributed by atoms with E-state index in [-0.39, 0.29) is 5.75 Å². The number of aliphatic hydroxyl groups is 1. The Labute approximate surface area is 160 Å². The van der Waals surface area contributed by atoms with Crippen LogP contribution >= 0.6 is 0 Å². The lowest BCUT2D eigenvalue weighted by Gasteiger charge is -2.23. The molecule has 0 aromatic rings. The van der Waals surface area contributed by atoms with Crippen molar-refractivity contribution in [2.24, 2.45) is 5.92 Å². The molecule has 152 valence electrons. The van der Waals surface area contributed by atoms with Crippen LogP contribution in [0.2, 0.25) is 0 Å². The zero-order valence-electron chi connectivity index (χ0n) is 16.3. The van der Waals surface area contributed by atoms with Crippen molar-refractivity contribution < 1.29 is 18.1 Å². The van der Waals surface area contributed by atoms with Gasteiger partial charge in [0, 0.05) is 6.42 Å². The van der Waals surface area contributed by atoms with E-state index in [1.165, 1.54) is 51.4 Å². The Morgan fingerprint density at radius 2 is 1.31 bits per heavy atom.